The van der Waals surface area contributed by atoms with Gasteiger partial charge in [-0.15, -0.1) is 0 Å². The lowest BCUT2D eigenvalue weighted by Crippen LogP contribution is -1.93. The molecule has 0 aromatic carbocycles. The van der Waals surface area contributed by atoms with Gasteiger partial charge in [0.2, 0.25) is 0 Å². The Labute approximate surface area is 59.8 Å². The van der Waals surface area contributed by atoms with Crippen LogP contribution in [0.5, 0.6) is 0 Å². The van der Waals surface area contributed by atoms with Crippen LogP contribution >= 0.6 is 23.5 Å². The Bertz CT molecular complexity index is 64.9. The van der Waals surface area contributed by atoms with Gasteiger partial charge in [-0.05, 0) is 5.25 Å². The van der Waals surface area contributed by atoms with Gasteiger partial charge in [-0.25, -0.2) is 0 Å². The van der Waals surface area contributed by atoms with Gasteiger partial charge in [0.1, 0.15) is 0 Å². The maximum absolute atomic E-state index is 2.26. The minimum Gasteiger partial charge on any atom is -0.158 e. The van der Waals surface area contributed by atoms with Crippen molar-refractivity contribution < 1.29 is 0 Å². The molecule has 1 fully saturated rings. The molecule has 0 bridgehead atoms. The Hall–Kier alpha value is 0.700. The van der Waals surface area contributed by atoms with Crippen LogP contribution in [-0.4, -0.2) is 22.0 Å². The summed E-state index contributed by atoms with van der Waals surface area (Å²) in [5.41, 5.74) is 0. The van der Waals surface area contributed by atoms with Crippen molar-refractivity contribution in [3.63, 3.8) is 0 Å². The molecule has 0 aromatic heterocycles. The van der Waals surface area contributed by atoms with E-state index in [9.17, 15) is 0 Å². The van der Waals surface area contributed by atoms with Gasteiger partial charge in [0.15, 0.2) is 0 Å². The van der Waals surface area contributed by atoms with Gasteiger partial charge in [0, 0.05) is 16.8 Å². The molecule has 8 heavy (non-hydrogen) atoms. The Morgan fingerprint density at radius 2 is 2.38 bits per heavy atom. The first-order chi connectivity index (χ1) is 3.79. The lowest BCUT2D eigenvalue weighted by atomic mass is 10.6. The molecule has 48 valence electrons. The third kappa shape index (κ3) is 2.88. The van der Waals surface area contributed by atoms with Gasteiger partial charge in [0.25, 0.3) is 0 Å². The van der Waals surface area contributed by atoms with Crippen LogP contribution in [0.4, 0.5) is 0 Å². The summed E-state index contributed by atoms with van der Waals surface area (Å²) in [5.74, 6) is 2.79. The summed E-state index contributed by atoms with van der Waals surface area (Å²) in [7, 11) is 0. The largest absolute Gasteiger partial charge is 0.158 e. The molecule has 1 rings (SSSR count). The Morgan fingerprint density at radius 3 is 2.75 bits per heavy atom. The number of rotatable bonds is 3. The number of hydrogen-bond donors (Lipinski definition) is 0. The predicted molar refractivity (Wildman–Crippen MR) is 43.8 cm³/mol. The smallest absolute Gasteiger partial charge is 0.0229 e. The highest BCUT2D eigenvalue weighted by atomic mass is 32.2. The van der Waals surface area contributed by atoms with Gasteiger partial charge in [-0.3, -0.25) is 0 Å². The molecular weight excluding hydrogens is 136 g/mol. The summed E-state index contributed by atoms with van der Waals surface area (Å²) >= 11 is 4.17. The van der Waals surface area contributed by atoms with E-state index in [4.69, 9.17) is 0 Å². The van der Waals surface area contributed by atoms with Crippen molar-refractivity contribution >= 4 is 23.5 Å². The van der Waals surface area contributed by atoms with E-state index in [1.54, 1.807) is 0 Å². The zero-order valence-corrected chi connectivity index (χ0v) is 7.02. The lowest BCUT2D eigenvalue weighted by Gasteiger charge is -1.99. The molecule has 2 heteroatoms. The van der Waals surface area contributed by atoms with Gasteiger partial charge in [-0.2, -0.15) is 23.5 Å². The highest BCUT2D eigenvalue weighted by Crippen LogP contribution is 2.33. The van der Waals surface area contributed by atoms with E-state index in [2.05, 4.69) is 37.4 Å². The molecule has 0 aliphatic carbocycles. The summed E-state index contributed by atoms with van der Waals surface area (Å²) in [6.45, 7) is 4.52. The maximum Gasteiger partial charge on any atom is 0.0229 e. The molecule has 1 saturated heterocycles. The highest BCUT2D eigenvalue weighted by molar-refractivity contribution is 8.08. The van der Waals surface area contributed by atoms with Crippen LogP contribution in [0.25, 0.3) is 0 Å². The normalized spacial score (nSPS) is 26.6. The van der Waals surface area contributed by atoms with Crippen molar-refractivity contribution in [2.75, 3.05) is 11.5 Å². The van der Waals surface area contributed by atoms with E-state index < -0.39 is 0 Å². The summed E-state index contributed by atoms with van der Waals surface area (Å²) in [5, 5.41) is 1.85. The van der Waals surface area contributed by atoms with E-state index in [0.29, 0.717) is 0 Å². The zero-order chi connectivity index (χ0) is 5.98. The van der Waals surface area contributed by atoms with Crippen molar-refractivity contribution in [2.45, 2.75) is 24.3 Å². The highest BCUT2D eigenvalue weighted by Gasteiger charge is 2.21. The second-order valence-electron chi connectivity index (χ2n) is 2.34. The standard InChI is InChI=1S/C6H12S2/c1-5(2)7-3-6-4-8-6/h5-6H,3-4H2,1-2H3. The second kappa shape index (κ2) is 3.02. The van der Waals surface area contributed by atoms with E-state index in [0.717, 1.165) is 10.5 Å². The molecule has 0 aromatic rings. The average Bonchev–Trinajstić information content (AvgIpc) is 2.41. The van der Waals surface area contributed by atoms with Gasteiger partial charge < -0.3 is 0 Å². The van der Waals surface area contributed by atoms with Crippen LogP contribution in [0.15, 0.2) is 0 Å². The van der Waals surface area contributed by atoms with Crippen LogP contribution in [0.3, 0.4) is 0 Å². The summed E-state index contributed by atoms with van der Waals surface area (Å²) in [4.78, 5) is 0. The first-order valence-electron chi connectivity index (χ1n) is 3.02. The Balaban J connectivity index is 1.87. The summed E-state index contributed by atoms with van der Waals surface area (Å²) < 4.78 is 0. The van der Waals surface area contributed by atoms with Crippen LogP contribution in [-0.2, 0) is 0 Å². The Kier molecular flexibility index (Phi) is 2.57. The van der Waals surface area contributed by atoms with Gasteiger partial charge in [-0.1, -0.05) is 13.8 Å². The molecule has 1 unspecified atom stereocenters. The maximum atomic E-state index is 2.26. The second-order valence-corrected chi connectivity index (χ2v) is 5.28. The monoisotopic (exact) mass is 148 g/mol. The molecule has 0 amide bonds. The van der Waals surface area contributed by atoms with E-state index in [1.165, 1.54) is 11.5 Å². The quantitative estimate of drug-likeness (QED) is 0.563. The molecule has 0 nitrogen and oxygen atoms in total. The average molecular weight is 148 g/mol. The van der Waals surface area contributed by atoms with Crippen molar-refractivity contribution in [3.8, 4) is 0 Å². The molecule has 0 radical (unpaired) electrons. The van der Waals surface area contributed by atoms with Crippen LogP contribution in [0, 0.1) is 0 Å². The minimum atomic E-state index is 0.830. The predicted octanol–water partition coefficient (Wildman–Crippen LogP) is 2.24. The molecule has 1 atom stereocenters. The van der Waals surface area contributed by atoms with Crippen molar-refractivity contribution in [3.05, 3.63) is 0 Å². The molecule has 0 N–H and O–H groups in total. The molecule has 1 aliphatic heterocycles. The Morgan fingerprint density at radius 1 is 1.75 bits per heavy atom. The first kappa shape index (κ1) is 6.81. The molecule has 0 saturated carbocycles. The summed E-state index contributed by atoms with van der Waals surface area (Å²) in [6.07, 6.45) is 0. The fraction of sp³-hybridized carbons (Fsp3) is 1.00. The molecule has 1 heterocycles. The van der Waals surface area contributed by atoms with E-state index in [1.807, 2.05) is 0 Å². The van der Waals surface area contributed by atoms with Crippen molar-refractivity contribution in [1.82, 2.24) is 0 Å². The fourth-order valence-electron chi connectivity index (χ4n) is 0.464. The van der Waals surface area contributed by atoms with Crippen LogP contribution < -0.4 is 0 Å². The molecule has 1 aliphatic rings. The van der Waals surface area contributed by atoms with Gasteiger partial charge in [0.05, 0.1) is 0 Å². The van der Waals surface area contributed by atoms with Crippen molar-refractivity contribution in [1.29, 1.82) is 0 Å². The van der Waals surface area contributed by atoms with Crippen molar-refractivity contribution in [2.24, 2.45) is 0 Å². The fourth-order valence-corrected chi connectivity index (χ4v) is 2.21. The van der Waals surface area contributed by atoms with Crippen LogP contribution in [0.2, 0.25) is 0 Å². The molecule has 0 spiro atoms. The van der Waals surface area contributed by atoms with Gasteiger partial charge >= 0.3 is 0 Å². The zero-order valence-electron chi connectivity index (χ0n) is 5.39. The van der Waals surface area contributed by atoms with Crippen LogP contribution in [0.1, 0.15) is 13.8 Å². The molecular formula is C6H12S2. The lowest BCUT2D eigenvalue weighted by molar-refractivity contribution is 1.10. The van der Waals surface area contributed by atoms with E-state index >= 15 is 0 Å². The summed E-state index contributed by atoms with van der Waals surface area (Å²) in [6, 6.07) is 0. The number of hydrogen-bond acceptors (Lipinski definition) is 2. The third-order valence-electron chi connectivity index (χ3n) is 1.02. The topological polar surface area (TPSA) is 0 Å². The third-order valence-corrected chi connectivity index (χ3v) is 3.46. The SMILES string of the molecule is CC(C)SCC1CS1. The minimum absolute atomic E-state index is 0.830. The number of thioether (sulfide) groups is 2. The first-order valence-corrected chi connectivity index (χ1v) is 5.12. The van der Waals surface area contributed by atoms with E-state index in [-0.39, 0.29) is 0 Å².